The highest BCUT2D eigenvalue weighted by molar-refractivity contribution is 5.46. The zero-order chi connectivity index (χ0) is 20.0. The van der Waals surface area contributed by atoms with E-state index in [1.54, 1.807) is 13.0 Å². The van der Waals surface area contributed by atoms with Gasteiger partial charge in [0, 0.05) is 11.8 Å². The number of aliphatic hydroxyl groups is 1. The van der Waals surface area contributed by atoms with Gasteiger partial charge in [-0.1, -0.05) is 6.07 Å². The Morgan fingerprint density at radius 1 is 1.19 bits per heavy atom. The number of anilines is 1. The highest BCUT2D eigenvalue weighted by Gasteiger charge is 2.36. The first kappa shape index (κ1) is 19.0. The number of hydrogen-bond acceptors (Lipinski definition) is 5. The molecule has 0 aliphatic carbocycles. The van der Waals surface area contributed by atoms with E-state index in [9.17, 15) is 22.7 Å². The van der Waals surface area contributed by atoms with Gasteiger partial charge in [-0.05, 0) is 38.5 Å². The Bertz CT molecular complexity index is 978. The SMILES string of the molecule is Cc1cc(N[C@@H](c2ccc(C(F)(F)F)c(F)c2)C(C)(C)O)nc2ncnn12. The highest BCUT2D eigenvalue weighted by Crippen LogP contribution is 2.35. The Morgan fingerprint density at radius 3 is 2.48 bits per heavy atom. The largest absolute Gasteiger partial charge is 0.419 e. The number of nitrogens with one attached hydrogen (secondary N) is 1. The van der Waals surface area contributed by atoms with Crippen LogP contribution in [0.15, 0.2) is 30.6 Å². The molecule has 27 heavy (non-hydrogen) atoms. The van der Waals surface area contributed by atoms with Crippen molar-refractivity contribution in [2.45, 2.75) is 38.6 Å². The van der Waals surface area contributed by atoms with Gasteiger partial charge in [-0.25, -0.2) is 8.91 Å². The van der Waals surface area contributed by atoms with Gasteiger partial charge in [0.15, 0.2) is 0 Å². The third kappa shape index (κ3) is 3.85. The van der Waals surface area contributed by atoms with Crippen LogP contribution in [-0.2, 0) is 6.18 Å². The van der Waals surface area contributed by atoms with Crippen LogP contribution in [0.1, 0.15) is 36.7 Å². The number of hydrogen-bond donors (Lipinski definition) is 2. The molecule has 0 amide bonds. The number of rotatable bonds is 4. The molecular formula is C17H17F4N5O. The van der Waals surface area contributed by atoms with E-state index >= 15 is 0 Å². The Kier molecular flexibility index (Phi) is 4.54. The smallest absolute Gasteiger partial charge is 0.388 e. The summed E-state index contributed by atoms with van der Waals surface area (Å²) in [5.74, 6) is -0.779. The van der Waals surface area contributed by atoms with Crippen molar-refractivity contribution in [1.29, 1.82) is 0 Å². The molecule has 10 heteroatoms. The third-order valence-corrected chi connectivity index (χ3v) is 4.06. The summed E-state index contributed by atoms with van der Waals surface area (Å²) >= 11 is 0. The zero-order valence-corrected chi connectivity index (χ0v) is 14.7. The van der Waals surface area contributed by atoms with E-state index in [4.69, 9.17) is 0 Å². The van der Waals surface area contributed by atoms with Gasteiger partial charge in [-0.15, -0.1) is 0 Å². The van der Waals surface area contributed by atoms with E-state index in [0.717, 1.165) is 12.1 Å². The second-order valence-corrected chi connectivity index (χ2v) is 6.72. The fourth-order valence-corrected chi connectivity index (χ4v) is 2.79. The van der Waals surface area contributed by atoms with Crippen molar-refractivity contribution in [3.63, 3.8) is 0 Å². The molecule has 0 bridgehead atoms. The number of alkyl halides is 3. The second-order valence-electron chi connectivity index (χ2n) is 6.72. The Labute approximate surface area is 151 Å². The molecule has 0 fully saturated rings. The van der Waals surface area contributed by atoms with Gasteiger partial charge in [0.2, 0.25) is 0 Å². The third-order valence-electron chi connectivity index (χ3n) is 4.06. The lowest BCUT2D eigenvalue weighted by Crippen LogP contribution is -2.35. The van der Waals surface area contributed by atoms with Gasteiger partial charge in [-0.3, -0.25) is 0 Å². The first-order valence-electron chi connectivity index (χ1n) is 8.00. The molecule has 0 saturated heterocycles. The normalized spacial score (nSPS) is 13.8. The Morgan fingerprint density at radius 2 is 1.89 bits per heavy atom. The van der Waals surface area contributed by atoms with E-state index in [1.807, 2.05) is 0 Å². The molecule has 2 N–H and O–H groups in total. The fraction of sp³-hybridized carbons (Fsp3) is 0.353. The zero-order valence-electron chi connectivity index (χ0n) is 14.7. The van der Waals surface area contributed by atoms with E-state index in [1.165, 1.54) is 24.7 Å². The summed E-state index contributed by atoms with van der Waals surface area (Å²) in [6, 6.07) is 3.27. The van der Waals surface area contributed by atoms with Crippen LogP contribution in [0.25, 0.3) is 5.78 Å². The summed E-state index contributed by atoms with van der Waals surface area (Å²) < 4.78 is 53.9. The lowest BCUT2D eigenvalue weighted by atomic mass is 9.91. The number of aryl methyl sites for hydroxylation is 1. The standard InChI is InChI=1S/C17H17F4N5O/c1-9-6-13(25-15-22-8-23-26(9)15)24-14(16(2,3)27)10-4-5-11(12(18)7-10)17(19,20)21/h4-8,14,27H,1-3H3,(H,22,23,24,25)/t14-/m0/s1. The van der Waals surface area contributed by atoms with Gasteiger partial charge in [-0.2, -0.15) is 28.2 Å². The molecule has 0 aliphatic rings. The Hall–Kier alpha value is -2.75. The van der Waals surface area contributed by atoms with Crippen molar-refractivity contribution < 1.29 is 22.7 Å². The minimum atomic E-state index is -4.79. The molecule has 1 atom stereocenters. The van der Waals surface area contributed by atoms with Crippen molar-refractivity contribution in [3.05, 3.63) is 53.2 Å². The number of fused-ring (bicyclic) bond motifs is 1. The summed E-state index contributed by atoms with van der Waals surface area (Å²) in [7, 11) is 0. The van der Waals surface area contributed by atoms with Crippen LogP contribution in [0.5, 0.6) is 0 Å². The van der Waals surface area contributed by atoms with Crippen LogP contribution < -0.4 is 5.32 Å². The quantitative estimate of drug-likeness (QED) is 0.675. The van der Waals surface area contributed by atoms with E-state index < -0.39 is 29.2 Å². The topological polar surface area (TPSA) is 75.3 Å². The maximum Gasteiger partial charge on any atom is 0.419 e. The summed E-state index contributed by atoms with van der Waals surface area (Å²) in [4.78, 5) is 8.24. The lowest BCUT2D eigenvalue weighted by Gasteiger charge is -2.31. The molecule has 6 nitrogen and oxygen atoms in total. The molecule has 2 aromatic heterocycles. The van der Waals surface area contributed by atoms with Crippen LogP contribution in [0.2, 0.25) is 0 Å². The average molecular weight is 383 g/mol. The predicted molar refractivity (Wildman–Crippen MR) is 89.6 cm³/mol. The van der Waals surface area contributed by atoms with Crippen LogP contribution in [0.3, 0.4) is 0 Å². The summed E-state index contributed by atoms with van der Waals surface area (Å²) in [6.07, 6.45) is -3.46. The number of halogens is 4. The monoisotopic (exact) mass is 383 g/mol. The first-order valence-corrected chi connectivity index (χ1v) is 8.00. The fourth-order valence-electron chi connectivity index (χ4n) is 2.79. The van der Waals surface area contributed by atoms with Crippen molar-refractivity contribution in [1.82, 2.24) is 19.6 Å². The van der Waals surface area contributed by atoms with Gasteiger partial charge in [0.1, 0.15) is 18.0 Å². The predicted octanol–water partition coefficient (Wildman–Crippen LogP) is 3.51. The molecule has 0 spiro atoms. The molecule has 2 heterocycles. The minimum Gasteiger partial charge on any atom is -0.388 e. The summed E-state index contributed by atoms with van der Waals surface area (Å²) in [5, 5.41) is 17.4. The van der Waals surface area contributed by atoms with Gasteiger partial charge < -0.3 is 10.4 Å². The molecule has 0 unspecified atom stereocenters. The molecule has 0 saturated carbocycles. The molecule has 0 radical (unpaired) electrons. The molecular weight excluding hydrogens is 366 g/mol. The van der Waals surface area contributed by atoms with Crippen molar-refractivity contribution in [3.8, 4) is 0 Å². The minimum absolute atomic E-state index is 0.147. The second kappa shape index (κ2) is 6.45. The average Bonchev–Trinajstić information content (AvgIpc) is 2.99. The summed E-state index contributed by atoms with van der Waals surface area (Å²) in [5.41, 5.74) is -1.94. The maximum absolute atomic E-state index is 14.0. The summed E-state index contributed by atoms with van der Waals surface area (Å²) in [6.45, 7) is 4.69. The lowest BCUT2D eigenvalue weighted by molar-refractivity contribution is -0.140. The van der Waals surface area contributed by atoms with Crippen LogP contribution in [0, 0.1) is 12.7 Å². The van der Waals surface area contributed by atoms with Gasteiger partial charge in [0.05, 0.1) is 17.2 Å². The van der Waals surface area contributed by atoms with Crippen molar-refractivity contribution in [2.24, 2.45) is 0 Å². The van der Waals surface area contributed by atoms with Crippen LogP contribution in [0.4, 0.5) is 23.4 Å². The van der Waals surface area contributed by atoms with Gasteiger partial charge >= 0.3 is 6.18 Å². The number of nitrogens with zero attached hydrogens (tertiary/aromatic N) is 4. The first-order chi connectivity index (χ1) is 12.5. The Balaban J connectivity index is 2.00. The van der Waals surface area contributed by atoms with Crippen molar-refractivity contribution in [2.75, 3.05) is 5.32 Å². The molecule has 0 aliphatic heterocycles. The molecule has 144 valence electrons. The number of aromatic nitrogens is 4. The van der Waals surface area contributed by atoms with Crippen LogP contribution in [-0.4, -0.2) is 30.3 Å². The van der Waals surface area contributed by atoms with Gasteiger partial charge in [0.25, 0.3) is 5.78 Å². The van der Waals surface area contributed by atoms with E-state index in [2.05, 4.69) is 20.4 Å². The van der Waals surface area contributed by atoms with Crippen molar-refractivity contribution >= 4 is 11.6 Å². The molecule has 3 aromatic rings. The van der Waals surface area contributed by atoms with Crippen LogP contribution >= 0.6 is 0 Å². The maximum atomic E-state index is 14.0. The molecule has 3 rings (SSSR count). The molecule has 1 aromatic carbocycles. The highest BCUT2D eigenvalue weighted by atomic mass is 19.4. The van der Waals surface area contributed by atoms with E-state index in [-0.39, 0.29) is 5.56 Å². The number of benzene rings is 1. The van der Waals surface area contributed by atoms with E-state index in [0.29, 0.717) is 23.4 Å².